The number of hydrogen-bond donors (Lipinski definition) is 1. The fourth-order valence-corrected chi connectivity index (χ4v) is 5.12. The molecule has 0 bridgehead atoms. The minimum atomic E-state index is -3.50. The molecule has 1 aliphatic rings. The highest BCUT2D eigenvalue weighted by Gasteiger charge is 2.31. The SMILES string of the molecule is Cc1ccc(C(=O)NC2CCN(S(=O)(=O)c3cc(C)ccc3C)CC2)cc1. The second kappa shape index (κ2) is 7.82. The van der Waals surface area contributed by atoms with Crippen LogP contribution >= 0.6 is 0 Å². The van der Waals surface area contributed by atoms with Gasteiger partial charge in [-0.25, -0.2) is 8.42 Å². The molecule has 0 atom stereocenters. The monoisotopic (exact) mass is 386 g/mol. The maximum Gasteiger partial charge on any atom is 0.251 e. The van der Waals surface area contributed by atoms with E-state index in [-0.39, 0.29) is 11.9 Å². The van der Waals surface area contributed by atoms with Crippen molar-refractivity contribution in [1.29, 1.82) is 0 Å². The molecule has 144 valence electrons. The standard InChI is InChI=1S/C21H26N2O3S/c1-15-5-8-18(9-6-15)21(24)22-19-10-12-23(13-11-19)27(25,26)20-14-16(2)4-7-17(20)3/h4-9,14,19H,10-13H2,1-3H3,(H,22,24). The van der Waals surface area contributed by atoms with E-state index in [2.05, 4.69) is 5.32 Å². The van der Waals surface area contributed by atoms with E-state index in [0.29, 0.717) is 36.4 Å². The third-order valence-electron chi connectivity index (χ3n) is 5.06. The first kappa shape index (κ1) is 19.6. The van der Waals surface area contributed by atoms with Crippen molar-refractivity contribution >= 4 is 15.9 Å². The fraction of sp³-hybridized carbons (Fsp3) is 0.381. The Morgan fingerprint density at radius 1 is 0.963 bits per heavy atom. The number of hydrogen-bond acceptors (Lipinski definition) is 3. The van der Waals surface area contributed by atoms with Crippen molar-refractivity contribution in [2.24, 2.45) is 0 Å². The molecule has 0 aromatic heterocycles. The largest absolute Gasteiger partial charge is 0.349 e. The number of aryl methyl sites for hydroxylation is 3. The van der Waals surface area contributed by atoms with Crippen LogP contribution in [0.25, 0.3) is 0 Å². The van der Waals surface area contributed by atoms with Gasteiger partial charge in [-0.05, 0) is 62.9 Å². The van der Waals surface area contributed by atoms with E-state index in [0.717, 1.165) is 16.7 Å². The Kier molecular flexibility index (Phi) is 5.67. The summed E-state index contributed by atoms with van der Waals surface area (Å²) in [5, 5.41) is 3.03. The van der Waals surface area contributed by atoms with Gasteiger partial charge in [0.1, 0.15) is 0 Å². The molecule has 1 heterocycles. The minimum Gasteiger partial charge on any atom is -0.349 e. The molecule has 1 fully saturated rings. The van der Waals surface area contributed by atoms with Crippen molar-refractivity contribution in [3.05, 3.63) is 64.7 Å². The number of nitrogens with zero attached hydrogens (tertiary/aromatic N) is 1. The summed E-state index contributed by atoms with van der Waals surface area (Å²) in [6, 6.07) is 12.9. The van der Waals surface area contributed by atoms with Crippen molar-refractivity contribution in [1.82, 2.24) is 9.62 Å². The van der Waals surface area contributed by atoms with E-state index in [4.69, 9.17) is 0 Å². The van der Waals surface area contributed by atoms with E-state index in [9.17, 15) is 13.2 Å². The number of carbonyl (C=O) groups excluding carboxylic acids is 1. The summed E-state index contributed by atoms with van der Waals surface area (Å²) >= 11 is 0. The van der Waals surface area contributed by atoms with Crippen molar-refractivity contribution in [2.75, 3.05) is 13.1 Å². The normalized spacial score (nSPS) is 16.3. The molecular weight excluding hydrogens is 360 g/mol. The number of rotatable bonds is 4. The molecule has 1 amide bonds. The van der Waals surface area contributed by atoms with Gasteiger partial charge >= 0.3 is 0 Å². The summed E-state index contributed by atoms with van der Waals surface area (Å²) in [6.07, 6.45) is 1.23. The van der Waals surface area contributed by atoms with Crippen molar-refractivity contribution in [3.8, 4) is 0 Å². The molecular formula is C21H26N2O3S. The average molecular weight is 387 g/mol. The molecule has 0 saturated carbocycles. The van der Waals surface area contributed by atoms with Crippen LogP contribution in [-0.2, 0) is 10.0 Å². The molecule has 2 aromatic carbocycles. The molecule has 5 nitrogen and oxygen atoms in total. The van der Waals surface area contributed by atoms with Gasteiger partial charge in [-0.3, -0.25) is 4.79 Å². The highest BCUT2D eigenvalue weighted by molar-refractivity contribution is 7.89. The number of nitrogens with one attached hydrogen (secondary N) is 1. The summed E-state index contributed by atoms with van der Waals surface area (Å²) in [5.41, 5.74) is 3.43. The molecule has 1 aliphatic heterocycles. The van der Waals surface area contributed by atoms with Crippen LogP contribution in [0.4, 0.5) is 0 Å². The Morgan fingerprint density at radius 3 is 2.19 bits per heavy atom. The topological polar surface area (TPSA) is 66.5 Å². The van der Waals surface area contributed by atoms with E-state index < -0.39 is 10.0 Å². The van der Waals surface area contributed by atoms with Crippen molar-refractivity contribution in [2.45, 2.75) is 44.6 Å². The predicted octanol–water partition coefficient (Wildman–Crippen LogP) is 3.19. The molecule has 0 spiro atoms. The Balaban J connectivity index is 1.63. The van der Waals surface area contributed by atoms with Gasteiger partial charge in [0, 0.05) is 24.7 Å². The summed E-state index contributed by atoms with van der Waals surface area (Å²) in [6.45, 7) is 6.52. The zero-order chi connectivity index (χ0) is 19.6. The quantitative estimate of drug-likeness (QED) is 0.877. The first-order valence-corrected chi connectivity index (χ1v) is 10.7. The van der Waals surface area contributed by atoms with Crippen molar-refractivity contribution < 1.29 is 13.2 Å². The summed E-state index contributed by atoms with van der Waals surface area (Å²) in [5.74, 6) is -0.106. The molecule has 6 heteroatoms. The van der Waals surface area contributed by atoms with Gasteiger partial charge in [0.2, 0.25) is 10.0 Å². The summed E-state index contributed by atoms with van der Waals surface area (Å²) < 4.78 is 27.5. The van der Waals surface area contributed by atoms with Crippen LogP contribution < -0.4 is 5.32 Å². The molecule has 2 aromatic rings. The third kappa shape index (κ3) is 4.39. The number of benzene rings is 2. The smallest absolute Gasteiger partial charge is 0.251 e. The average Bonchev–Trinajstić information content (AvgIpc) is 2.64. The lowest BCUT2D eigenvalue weighted by Crippen LogP contribution is -2.46. The number of piperidine rings is 1. The van der Waals surface area contributed by atoms with Crippen LogP contribution in [0.5, 0.6) is 0 Å². The van der Waals surface area contributed by atoms with Gasteiger partial charge in [-0.1, -0.05) is 29.8 Å². The Hall–Kier alpha value is -2.18. The molecule has 3 rings (SSSR count). The van der Waals surface area contributed by atoms with Gasteiger partial charge in [-0.15, -0.1) is 0 Å². The Bertz CT molecular complexity index is 928. The maximum atomic E-state index is 13.0. The summed E-state index contributed by atoms with van der Waals surface area (Å²) in [7, 11) is -3.50. The van der Waals surface area contributed by atoms with Gasteiger partial charge in [-0.2, -0.15) is 4.31 Å². The number of sulfonamides is 1. The molecule has 0 radical (unpaired) electrons. The van der Waals surface area contributed by atoms with Crippen LogP contribution in [0.3, 0.4) is 0 Å². The predicted molar refractivity (Wildman–Crippen MR) is 106 cm³/mol. The molecule has 0 unspecified atom stereocenters. The first-order chi connectivity index (χ1) is 12.8. The number of carbonyl (C=O) groups is 1. The third-order valence-corrected chi connectivity index (χ3v) is 7.10. The summed E-state index contributed by atoms with van der Waals surface area (Å²) in [4.78, 5) is 12.7. The Morgan fingerprint density at radius 2 is 1.56 bits per heavy atom. The fourth-order valence-electron chi connectivity index (χ4n) is 3.34. The van der Waals surface area contributed by atoms with E-state index in [1.807, 2.05) is 57.2 Å². The zero-order valence-electron chi connectivity index (χ0n) is 16.0. The van der Waals surface area contributed by atoms with Gasteiger partial charge in [0.05, 0.1) is 4.90 Å². The van der Waals surface area contributed by atoms with E-state index in [1.165, 1.54) is 4.31 Å². The maximum absolute atomic E-state index is 13.0. The first-order valence-electron chi connectivity index (χ1n) is 9.22. The van der Waals surface area contributed by atoms with Gasteiger partial charge < -0.3 is 5.32 Å². The molecule has 1 N–H and O–H groups in total. The van der Waals surface area contributed by atoms with Crippen LogP contribution in [-0.4, -0.2) is 37.8 Å². The van der Waals surface area contributed by atoms with Gasteiger partial charge in [0.15, 0.2) is 0 Å². The highest BCUT2D eigenvalue weighted by atomic mass is 32.2. The van der Waals surface area contributed by atoms with E-state index in [1.54, 1.807) is 6.07 Å². The minimum absolute atomic E-state index is 0.0103. The van der Waals surface area contributed by atoms with Crippen molar-refractivity contribution in [3.63, 3.8) is 0 Å². The van der Waals surface area contributed by atoms with Crippen LogP contribution in [0.2, 0.25) is 0 Å². The van der Waals surface area contributed by atoms with Crippen LogP contribution in [0, 0.1) is 20.8 Å². The lowest BCUT2D eigenvalue weighted by molar-refractivity contribution is 0.0924. The second-order valence-corrected chi connectivity index (χ2v) is 9.19. The lowest BCUT2D eigenvalue weighted by atomic mass is 10.1. The highest BCUT2D eigenvalue weighted by Crippen LogP contribution is 2.24. The van der Waals surface area contributed by atoms with Gasteiger partial charge in [0.25, 0.3) is 5.91 Å². The Labute approximate surface area is 161 Å². The molecule has 1 saturated heterocycles. The van der Waals surface area contributed by atoms with Crippen LogP contribution in [0.15, 0.2) is 47.4 Å². The molecule has 0 aliphatic carbocycles. The molecule has 27 heavy (non-hydrogen) atoms. The van der Waals surface area contributed by atoms with Crippen LogP contribution in [0.1, 0.15) is 39.9 Å². The lowest BCUT2D eigenvalue weighted by Gasteiger charge is -2.32. The zero-order valence-corrected chi connectivity index (χ0v) is 16.8. The number of amides is 1. The second-order valence-electron chi connectivity index (χ2n) is 7.29. The van der Waals surface area contributed by atoms with E-state index >= 15 is 0 Å².